The minimum Gasteiger partial charge on any atom is -0.497 e. The summed E-state index contributed by atoms with van der Waals surface area (Å²) in [5, 5.41) is 11.7. The molecule has 1 spiro atoms. The van der Waals surface area contributed by atoms with Crippen LogP contribution >= 0.6 is 0 Å². The molecule has 3 heterocycles. The van der Waals surface area contributed by atoms with E-state index in [0.717, 1.165) is 35.2 Å². The number of ether oxygens (including phenoxy) is 1. The number of nitrogens with zero attached hydrogens (tertiary/aromatic N) is 3. The second-order valence-corrected chi connectivity index (χ2v) is 9.49. The zero-order valence-corrected chi connectivity index (χ0v) is 20.0. The van der Waals surface area contributed by atoms with Crippen molar-refractivity contribution >= 4 is 22.7 Å². The number of carbonyl (C=O) groups excluding carboxylic acids is 2. The van der Waals surface area contributed by atoms with Crippen LogP contribution in [0.5, 0.6) is 5.75 Å². The van der Waals surface area contributed by atoms with Gasteiger partial charge in [0.2, 0.25) is 5.91 Å². The Morgan fingerprint density at radius 2 is 1.82 bits per heavy atom. The SMILES string of the molecule is COc1ccc2c3c(n(C)c2c1)[C@H](CO)N(C(=O)c1ccccc1)CC31CCN(C(C)=O)CC1. The van der Waals surface area contributed by atoms with Gasteiger partial charge in [0, 0.05) is 61.7 Å². The zero-order valence-electron chi connectivity index (χ0n) is 20.0. The fourth-order valence-electron chi connectivity index (χ4n) is 5.98. The highest BCUT2D eigenvalue weighted by Gasteiger charge is 2.49. The fraction of sp³-hybridized carbons (Fsp3) is 0.407. The summed E-state index contributed by atoms with van der Waals surface area (Å²) in [6.45, 7) is 3.26. The molecule has 2 aromatic carbocycles. The number of amides is 2. The van der Waals surface area contributed by atoms with E-state index >= 15 is 0 Å². The zero-order chi connectivity index (χ0) is 24.0. The topological polar surface area (TPSA) is 75.0 Å². The Morgan fingerprint density at radius 3 is 2.44 bits per heavy atom. The van der Waals surface area contributed by atoms with Gasteiger partial charge in [-0.25, -0.2) is 0 Å². The quantitative estimate of drug-likeness (QED) is 0.650. The van der Waals surface area contributed by atoms with E-state index in [4.69, 9.17) is 4.74 Å². The Labute approximate surface area is 199 Å². The fourth-order valence-corrected chi connectivity index (χ4v) is 5.98. The van der Waals surface area contributed by atoms with Gasteiger partial charge in [-0.05, 0) is 42.7 Å². The molecule has 3 aromatic rings. The predicted molar refractivity (Wildman–Crippen MR) is 130 cm³/mol. The molecule has 1 atom stereocenters. The monoisotopic (exact) mass is 461 g/mol. The van der Waals surface area contributed by atoms with Crippen LogP contribution in [0, 0.1) is 0 Å². The number of carbonyl (C=O) groups is 2. The number of likely N-dealkylation sites (tertiary alicyclic amines) is 1. The Hall–Kier alpha value is -3.32. The number of rotatable bonds is 3. The number of aryl methyl sites for hydroxylation is 1. The maximum absolute atomic E-state index is 13.7. The van der Waals surface area contributed by atoms with Gasteiger partial charge in [-0.2, -0.15) is 0 Å². The van der Waals surface area contributed by atoms with Gasteiger partial charge >= 0.3 is 0 Å². The van der Waals surface area contributed by atoms with Gasteiger partial charge in [-0.1, -0.05) is 18.2 Å². The standard InChI is InChI=1S/C27H31N3O4/c1-18(32)29-13-11-27(12-14-29)17-30(26(33)19-7-5-4-6-8-19)23(16-31)25-24(27)21-10-9-20(34-3)15-22(21)28(25)2/h4-10,15,23,31H,11-14,16-17H2,1-3H3/t23-/m0/s1. The van der Waals surface area contributed by atoms with Crippen molar-refractivity contribution in [3.05, 3.63) is 65.4 Å². The highest BCUT2D eigenvalue weighted by molar-refractivity contribution is 5.96. The first-order valence-corrected chi connectivity index (χ1v) is 11.8. The summed E-state index contributed by atoms with van der Waals surface area (Å²) in [7, 11) is 3.65. The first kappa shape index (κ1) is 22.5. The van der Waals surface area contributed by atoms with Crippen molar-refractivity contribution in [2.24, 2.45) is 7.05 Å². The molecular weight excluding hydrogens is 430 g/mol. The van der Waals surface area contributed by atoms with Gasteiger partial charge in [0.15, 0.2) is 0 Å². The molecular formula is C27H31N3O4. The van der Waals surface area contributed by atoms with E-state index in [9.17, 15) is 14.7 Å². The third kappa shape index (κ3) is 3.38. The lowest BCUT2D eigenvalue weighted by molar-refractivity contribution is -0.130. The first-order chi connectivity index (χ1) is 16.4. The Balaban J connectivity index is 1.70. The average Bonchev–Trinajstić information content (AvgIpc) is 3.17. The average molecular weight is 462 g/mol. The number of hydrogen-bond acceptors (Lipinski definition) is 4. The summed E-state index contributed by atoms with van der Waals surface area (Å²) in [6.07, 6.45) is 1.53. The van der Waals surface area contributed by atoms with E-state index in [1.807, 2.05) is 59.3 Å². The van der Waals surface area contributed by atoms with Crippen molar-refractivity contribution in [3.63, 3.8) is 0 Å². The molecule has 2 aliphatic heterocycles. The molecule has 7 heteroatoms. The van der Waals surface area contributed by atoms with Crippen LogP contribution in [0.4, 0.5) is 0 Å². The number of hydrogen-bond donors (Lipinski definition) is 1. The molecule has 7 nitrogen and oxygen atoms in total. The van der Waals surface area contributed by atoms with Crippen molar-refractivity contribution in [1.82, 2.24) is 14.4 Å². The molecule has 1 aromatic heterocycles. The minimum atomic E-state index is -0.456. The van der Waals surface area contributed by atoms with Crippen molar-refractivity contribution in [1.29, 1.82) is 0 Å². The molecule has 5 rings (SSSR count). The first-order valence-electron chi connectivity index (χ1n) is 11.8. The number of aromatic nitrogens is 1. The summed E-state index contributed by atoms with van der Waals surface area (Å²) in [5.41, 5.74) is 3.50. The Morgan fingerprint density at radius 1 is 1.12 bits per heavy atom. The van der Waals surface area contributed by atoms with E-state index in [1.165, 1.54) is 5.56 Å². The minimum absolute atomic E-state index is 0.0819. The molecule has 0 saturated carbocycles. The van der Waals surface area contributed by atoms with Gasteiger partial charge in [0.1, 0.15) is 5.75 Å². The molecule has 1 saturated heterocycles. The maximum Gasteiger partial charge on any atom is 0.254 e. The number of benzene rings is 2. The molecule has 0 aliphatic carbocycles. The normalized spacial score (nSPS) is 19.4. The van der Waals surface area contributed by atoms with E-state index in [2.05, 4.69) is 10.6 Å². The summed E-state index contributed by atoms with van der Waals surface area (Å²) in [5.74, 6) is 0.768. The maximum atomic E-state index is 13.7. The lowest BCUT2D eigenvalue weighted by Gasteiger charge is -2.50. The second kappa shape index (κ2) is 8.47. The van der Waals surface area contributed by atoms with Crippen molar-refractivity contribution in [3.8, 4) is 5.75 Å². The van der Waals surface area contributed by atoms with E-state index in [-0.39, 0.29) is 23.8 Å². The van der Waals surface area contributed by atoms with Crippen LogP contribution in [-0.2, 0) is 17.3 Å². The van der Waals surface area contributed by atoms with Crippen LogP contribution in [0.25, 0.3) is 10.9 Å². The number of piperidine rings is 1. The number of aliphatic hydroxyl groups is 1. The number of methoxy groups -OCH3 is 1. The summed E-state index contributed by atoms with van der Waals surface area (Å²) < 4.78 is 7.59. The molecule has 2 aliphatic rings. The van der Waals surface area contributed by atoms with Crippen LogP contribution in [0.15, 0.2) is 48.5 Å². The molecule has 0 radical (unpaired) electrons. The molecule has 0 unspecified atom stereocenters. The van der Waals surface area contributed by atoms with E-state index in [1.54, 1.807) is 14.0 Å². The third-order valence-electron chi connectivity index (χ3n) is 7.77. The smallest absolute Gasteiger partial charge is 0.254 e. The molecule has 34 heavy (non-hydrogen) atoms. The summed E-state index contributed by atoms with van der Waals surface area (Å²) in [4.78, 5) is 29.5. The second-order valence-electron chi connectivity index (χ2n) is 9.49. The van der Waals surface area contributed by atoms with Crippen LogP contribution in [-0.4, -0.2) is 64.6 Å². The Kier molecular flexibility index (Phi) is 5.60. The summed E-state index contributed by atoms with van der Waals surface area (Å²) in [6, 6.07) is 14.9. The molecule has 2 amide bonds. The molecule has 0 bridgehead atoms. The molecule has 178 valence electrons. The van der Waals surface area contributed by atoms with Crippen LogP contribution in [0.3, 0.4) is 0 Å². The Bertz CT molecular complexity index is 1240. The van der Waals surface area contributed by atoms with Gasteiger partial charge < -0.3 is 24.2 Å². The summed E-state index contributed by atoms with van der Waals surface area (Å²) >= 11 is 0. The highest BCUT2D eigenvalue weighted by Crippen LogP contribution is 2.50. The largest absolute Gasteiger partial charge is 0.497 e. The predicted octanol–water partition coefficient (Wildman–Crippen LogP) is 3.26. The number of aliphatic hydroxyl groups excluding tert-OH is 1. The van der Waals surface area contributed by atoms with E-state index in [0.29, 0.717) is 25.2 Å². The van der Waals surface area contributed by atoms with Crippen LogP contribution < -0.4 is 4.74 Å². The van der Waals surface area contributed by atoms with Crippen molar-refractivity contribution < 1.29 is 19.4 Å². The number of fused-ring (bicyclic) bond motifs is 4. The van der Waals surface area contributed by atoms with Crippen LogP contribution in [0.1, 0.15) is 47.4 Å². The van der Waals surface area contributed by atoms with E-state index < -0.39 is 6.04 Å². The molecule has 1 fully saturated rings. The lowest BCUT2D eigenvalue weighted by Crippen LogP contribution is -2.56. The van der Waals surface area contributed by atoms with Gasteiger partial charge in [-0.15, -0.1) is 0 Å². The van der Waals surface area contributed by atoms with Gasteiger partial charge in [0.25, 0.3) is 5.91 Å². The van der Waals surface area contributed by atoms with Gasteiger partial charge in [-0.3, -0.25) is 9.59 Å². The van der Waals surface area contributed by atoms with Crippen molar-refractivity contribution in [2.45, 2.75) is 31.2 Å². The van der Waals surface area contributed by atoms with Gasteiger partial charge in [0.05, 0.1) is 25.3 Å². The lowest BCUT2D eigenvalue weighted by atomic mass is 9.68. The third-order valence-corrected chi connectivity index (χ3v) is 7.77. The molecule has 1 N–H and O–H groups in total. The van der Waals surface area contributed by atoms with Crippen molar-refractivity contribution in [2.75, 3.05) is 33.4 Å². The highest BCUT2D eigenvalue weighted by atomic mass is 16.5. The van der Waals surface area contributed by atoms with Crippen LogP contribution in [0.2, 0.25) is 0 Å².